The van der Waals surface area contributed by atoms with Gasteiger partial charge in [0.15, 0.2) is 5.97 Å². The summed E-state index contributed by atoms with van der Waals surface area (Å²) >= 11 is 0. The number of carboxylic acids is 1. The van der Waals surface area contributed by atoms with Gasteiger partial charge in [-0.25, -0.2) is 0 Å². The zero-order valence-electron chi connectivity index (χ0n) is 5.85. The van der Waals surface area contributed by atoms with Crippen LogP contribution in [0.25, 0.3) is 0 Å². The third-order valence-corrected chi connectivity index (χ3v) is 0.384. The molecule has 0 fully saturated rings. The molecule has 0 aromatic heterocycles. The first-order chi connectivity index (χ1) is 4.54. The molecule has 2 N–H and O–H groups in total. The van der Waals surface area contributed by atoms with Crippen LogP contribution >= 0.6 is 0 Å². The first-order valence-electron chi connectivity index (χ1n) is 2.29. The summed E-state index contributed by atoms with van der Waals surface area (Å²) in [4.78, 5) is 25.8. The Bertz CT molecular complexity index is 127. The maximum atomic E-state index is 9.59. The third kappa shape index (κ3) is 41.4. The average molecular weight is 236 g/mol. The number of carbonyl (C=O) groups is 1. The molecule has 0 heterocycles. The Morgan fingerprint density at radius 3 is 1.82 bits per heavy atom. The Hall–Kier alpha value is -0.216. The molecule has 0 rings (SSSR count). The van der Waals surface area contributed by atoms with Crippen molar-refractivity contribution in [3.8, 4) is 0 Å². The van der Waals surface area contributed by atoms with E-state index in [1.54, 1.807) is 0 Å². The van der Waals surface area contributed by atoms with Crippen LogP contribution in [-0.4, -0.2) is 28.4 Å². The Kier molecular flexibility index (Phi) is 19.3. The molecule has 5 nitrogen and oxygen atoms in total. The Balaban J connectivity index is -0.000000140. The Morgan fingerprint density at radius 2 is 1.82 bits per heavy atom. The molecule has 0 aliphatic rings. The van der Waals surface area contributed by atoms with Crippen molar-refractivity contribution >= 4 is 12.1 Å². The van der Waals surface area contributed by atoms with Gasteiger partial charge in [-0.1, -0.05) is 6.92 Å². The molecule has 0 aromatic rings. The van der Waals surface area contributed by atoms with E-state index in [2.05, 4.69) is 0 Å². The van der Waals surface area contributed by atoms with Crippen molar-refractivity contribution in [2.45, 2.75) is 13.0 Å². The molecule has 0 aromatic carbocycles. The molecule has 0 spiro atoms. The van der Waals surface area contributed by atoms with E-state index in [-0.39, 0.29) is 38.9 Å². The summed E-state index contributed by atoms with van der Waals surface area (Å²) in [5.74, 6) is -1.09. The van der Waals surface area contributed by atoms with Crippen LogP contribution in [0.15, 0.2) is 0 Å². The van der Waals surface area contributed by atoms with Crippen molar-refractivity contribution in [2.75, 3.05) is 0 Å². The van der Waals surface area contributed by atoms with Crippen LogP contribution in [0, 0.1) is 6.42 Å². The van der Waals surface area contributed by atoms with Crippen molar-refractivity contribution in [3.05, 3.63) is 6.42 Å². The summed E-state index contributed by atoms with van der Waals surface area (Å²) in [7, 11) is 0. The smallest absolute Gasteiger partial charge is 0.373 e. The van der Waals surface area contributed by atoms with Gasteiger partial charge in [-0.15, -0.1) is 0 Å². The first-order valence-corrected chi connectivity index (χ1v) is 2.29. The SMILES string of the molecule is CC(O)[CH-]C(=O)O.O=C=O.[Y]. The van der Waals surface area contributed by atoms with E-state index in [0.717, 1.165) is 6.42 Å². The van der Waals surface area contributed by atoms with Crippen LogP contribution in [-0.2, 0) is 47.1 Å². The van der Waals surface area contributed by atoms with Crippen molar-refractivity contribution in [2.24, 2.45) is 0 Å². The van der Waals surface area contributed by atoms with Gasteiger partial charge in [0, 0.05) is 32.7 Å². The molecule has 0 aliphatic heterocycles. The second-order valence-corrected chi connectivity index (χ2v) is 1.33. The first kappa shape index (κ1) is 17.0. The molecule has 0 bridgehead atoms. The van der Waals surface area contributed by atoms with E-state index in [1.807, 2.05) is 0 Å². The maximum Gasteiger partial charge on any atom is 0.373 e. The van der Waals surface area contributed by atoms with Crippen molar-refractivity contribution in [1.82, 2.24) is 0 Å². The second-order valence-electron chi connectivity index (χ2n) is 1.33. The normalized spacial score (nSPS) is 8.91. The number of hydrogen-bond acceptors (Lipinski definition) is 4. The largest absolute Gasteiger partial charge is 0.503 e. The van der Waals surface area contributed by atoms with Crippen LogP contribution in [0.3, 0.4) is 0 Å². The summed E-state index contributed by atoms with van der Waals surface area (Å²) in [6.45, 7) is 1.38. The van der Waals surface area contributed by atoms with Crippen molar-refractivity contribution < 1.29 is 57.3 Å². The minimum absolute atomic E-state index is 0. The van der Waals surface area contributed by atoms with Gasteiger partial charge in [0.2, 0.25) is 0 Å². The number of aliphatic hydroxyl groups excluding tert-OH is 1. The molecular weight excluding hydrogens is 229 g/mol. The molecule has 61 valence electrons. The summed E-state index contributed by atoms with van der Waals surface area (Å²) in [5, 5.41) is 16.2. The van der Waals surface area contributed by atoms with Gasteiger partial charge in [-0.05, 0) is 6.10 Å². The van der Waals surface area contributed by atoms with Gasteiger partial charge in [-0.2, -0.15) is 9.59 Å². The molecule has 0 saturated carbocycles. The van der Waals surface area contributed by atoms with Crippen LogP contribution in [0.2, 0.25) is 0 Å². The van der Waals surface area contributed by atoms with Gasteiger partial charge < -0.3 is 10.2 Å². The summed E-state index contributed by atoms with van der Waals surface area (Å²) in [6, 6.07) is 0. The maximum absolute atomic E-state index is 9.59. The minimum atomic E-state index is -1.09. The molecule has 11 heavy (non-hydrogen) atoms. The summed E-state index contributed by atoms with van der Waals surface area (Å²) in [6.07, 6.45) is 0.206. The van der Waals surface area contributed by atoms with E-state index < -0.39 is 12.1 Å². The number of aliphatic carboxylic acids is 1. The number of hydrogen-bond donors (Lipinski definition) is 2. The summed E-state index contributed by atoms with van der Waals surface area (Å²) in [5.41, 5.74) is 0. The van der Waals surface area contributed by atoms with Gasteiger partial charge >= 0.3 is 6.15 Å². The monoisotopic (exact) mass is 236 g/mol. The predicted molar refractivity (Wildman–Crippen MR) is 28.6 cm³/mol. The van der Waals surface area contributed by atoms with Gasteiger partial charge in [0.1, 0.15) is 0 Å². The van der Waals surface area contributed by atoms with Crippen molar-refractivity contribution in [1.29, 1.82) is 0 Å². The fourth-order valence-electron chi connectivity index (χ4n) is 0.206. The van der Waals surface area contributed by atoms with Crippen LogP contribution in [0.5, 0.6) is 0 Å². The Morgan fingerprint density at radius 1 is 1.55 bits per heavy atom. The van der Waals surface area contributed by atoms with Crippen molar-refractivity contribution in [3.63, 3.8) is 0 Å². The molecule has 1 unspecified atom stereocenters. The number of aliphatic hydroxyl groups is 1. The van der Waals surface area contributed by atoms with E-state index in [1.165, 1.54) is 6.92 Å². The number of carboxylic acid groups (broad SMARTS) is 1. The molecule has 0 saturated heterocycles. The molecule has 1 atom stereocenters. The number of carbonyl (C=O) groups excluding carboxylic acids is 2. The fraction of sp³-hybridized carbons (Fsp3) is 0.400. The van der Waals surface area contributed by atoms with Gasteiger partial charge in [-0.3, -0.25) is 11.2 Å². The fourth-order valence-corrected chi connectivity index (χ4v) is 0.206. The zero-order valence-corrected chi connectivity index (χ0v) is 8.69. The van der Waals surface area contributed by atoms with Crippen LogP contribution in [0.1, 0.15) is 6.92 Å². The second kappa shape index (κ2) is 12.5. The minimum Gasteiger partial charge on any atom is -0.503 e. The number of rotatable bonds is 2. The quantitative estimate of drug-likeness (QED) is 0.604. The summed E-state index contributed by atoms with van der Waals surface area (Å²) < 4.78 is 0. The third-order valence-electron chi connectivity index (χ3n) is 0.384. The predicted octanol–water partition coefficient (Wildman–Crippen LogP) is -0.930. The zero-order chi connectivity index (χ0) is 8.57. The van der Waals surface area contributed by atoms with E-state index >= 15 is 0 Å². The standard InChI is InChI=1S/C4H7O3.CO2.Y/c1-3(5)2-4(6)7;2-1-3;/h2-3,5H,1H3,(H,6,7);;/q-1;;. The van der Waals surface area contributed by atoms with Gasteiger partial charge in [0.05, 0.1) is 0 Å². The molecule has 0 aliphatic carbocycles. The molecule has 1 radical (unpaired) electrons. The molecule has 0 amide bonds. The topological polar surface area (TPSA) is 91.7 Å². The van der Waals surface area contributed by atoms with E-state index in [9.17, 15) is 4.79 Å². The molecule has 6 heteroatoms. The van der Waals surface area contributed by atoms with E-state index in [0.29, 0.717) is 0 Å². The van der Waals surface area contributed by atoms with Gasteiger partial charge in [0.25, 0.3) is 0 Å². The van der Waals surface area contributed by atoms with E-state index in [4.69, 9.17) is 19.8 Å². The van der Waals surface area contributed by atoms with Crippen LogP contribution < -0.4 is 0 Å². The van der Waals surface area contributed by atoms with Crippen LogP contribution in [0.4, 0.5) is 0 Å². The average Bonchev–Trinajstić information content (AvgIpc) is 1.62. The molecular formula is C5H7O5Y-. The Labute approximate surface area is 88.7 Å².